The van der Waals surface area contributed by atoms with Gasteiger partial charge in [-0.05, 0) is 63.8 Å². The van der Waals surface area contributed by atoms with Crippen molar-refractivity contribution in [2.45, 2.75) is 51.4 Å². The van der Waals surface area contributed by atoms with Gasteiger partial charge in [-0.3, -0.25) is 4.79 Å². The number of hydrogen-bond acceptors (Lipinski definition) is 4. The highest BCUT2D eigenvalue weighted by Crippen LogP contribution is 2.45. The molecule has 0 saturated heterocycles. The first-order valence-corrected chi connectivity index (χ1v) is 9.65. The van der Waals surface area contributed by atoms with Crippen LogP contribution in [0.2, 0.25) is 0 Å². The number of halogens is 1. The number of rotatable bonds is 5. The van der Waals surface area contributed by atoms with Crippen LogP contribution < -0.4 is 5.32 Å². The van der Waals surface area contributed by atoms with Crippen molar-refractivity contribution in [3.63, 3.8) is 0 Å². The third kappa shape index (κ3) is 3.00. The maximum absolute atomic E-state index is 14.9. The van der Waals surface area contributed by atoms with Crippen LogP contribution in [0.5, 0.6) is 0 Å². The van der Waals surface area contributed by atoms with Crippen molar-refractivity contribution < 1.29 is 13.7 Å². The fraction of sp³-hybridized carbons (Fsp3) is 0.381. The van der Waals surface area contributed by atoms with Gasteiger partial charge in [0.05, 0.1) is 11.4 Å². The zero-order valence-corrected chi connectivity index (χ0v) is 15.8. The Balaban J connectivity index is 1.43. The van der Waals surface area contributed by atoms with Gasteiger partial charge in [0, 0.05) is 23.2 Å². The molecule has 28 heavy (non-hydrogen) atoms. The number of carbonyl (C=O) groups is 1. The Labute approximate surface area is 161 Å². The van der Waals surface area contributed by atoms with Crippen LogP contribution in [0.1, 0.15) is 70.7 Å². The van der Waals surface area contributed by atoms with Gasteiger partial charge in [-0.1, -0.05) is 5.16 Å². The first-order valence-electron chi connectivity index (χ1n) is 9.65. The minimum Gasteiger partial charge on any atom is -0.361 e. The summed E-state index contributed by atoms with van der Waals surface area (Å²) < 4.78 is 21.7. The second kappa shape index (κ2) is 6.29. The molecule has 2 saturated carbocycles. The van der Waals surface area contributed by atoms with Crippen molar-refractivity contribution in [3.05, 3.63) is 58.5 Å². The zero-order valence-electron chi connectivity index (χ0n) is 15.8. The number of aryl methyl sites for hydroxylation is 2. The fourth-order valence-corrected chi connectivity index (χ4v) is 3.61. The third-order valence-corrected chi connectivity index (χ3v) is 5.44. The lowest BCUT2D eigenvalue weighted by atomic mass is 10.2. The van der Waals surface area contributed by atoms with Crippen LogP contribution in [0.25, 0.3) is 5.69 Å². The van der Waals surface area contributed by atoms with Crippen molar-refractivity contribution in [2.24, 2.45) is 0 Å². The molecule has 0 spiro atoms. The molecule has 2 aliphatic carbocycles. The van der Waals surface area contributed by atoms with Crippen molar-refractivity contribution in [3.8, 4) is 5.69 Å². The Bertz CT molecular complexity index is 1060. The molecule has 0 bridgehead atoms. The van der Waals surface area contributed by atoms with E-state index >= 15 is 0 Å². The normalized spacial score (nSPS) is 16.4. The molecule has 6 nitrogen and oxygen atoms in total. The van der Waals surface area contributed by atoms with E-state index in [9.17, 15) is 9.18 Å². The van der Waals surface area contributed by atoms with Crippen molar-refractivity contribution in [1.82, 2.24) is 14.9 Å². The molecule has 0 unspecified atom stereocenters. The van der Waals surface area contributed by atoms with Crippen molar-refractivity contribution in [2.75, 3.05) is 5.32 Å². The molecule has 0 atom stereocenters. The van der Waals surface area contributed by atoms with Gasteiger partial charge in [0.1, 0.15) is 17.0 Å². The van der Waals surface area contributed by atoms with E-state index in [1.165, 1.54) is 6.07 Å². The second-order valence-electron chi connectivity index (χ2n) is 7.77. The van der Waals surface area contributed by atoms with Crippen LogP contribution in [0.4, 0.5) is 10.1 Å². The number of benzene rings is 1. The Morgan fingerprint density at radius 3 is 2.54 bits per heavy atom. The average Bonchev–Trinajstić information content (AvgIpc) is 3.59. The van der Waals surface area contributed by atoms with Gasteiger partial charge < -0.3 is 9.84 Å². The Morgan fingerprint density at radius 2 is 1.93 bits per heavy atom. The monoisotopic (exact) mass is 380 g/mol. The molecule has 7 heteroatoms. The number of anilines is 1. The highest BCUT2D eigenvalue weighted by Gasteiger charge is 2.33. The predicted octanol–water partition coefficient (Wildman–Crippen LogP) is 4.62. The lowest BCUT2D eigenvalue weighted by molar-refractivity contribution is 0.102. The molecule has 2 aliphatic rings. The van der Waals surface area contributed by atoms with Crippen LogP contribution in [0.15, 0.2) is 28.8 Å². The molecule has 2 fully saturated rings. The lowest BCUT2D eigenvalue weighted by Gasteiger charge is -2.10. The van der Waals surface area contributed by atoms with E-state index in [2.05, 4.69) is 21.6 Å². The molecule has 0 aliphatic heterocycles. The molecule has 3 aromatic rings. The van der Waals surface area contributed by atoms with Crippen LogP contribution in [-0.2, 0) is 0 Å². The summed E-state index contributed by atoms with van der Waals surface area (Å²) in [6, 6.07) is 6.85. The number of hydrogen-bond donors (Lipinski definition) is 1. The van der Waals surface area contributed by atoms with Gasteiger partial charge in [0.25, 0.3) is 5.91 Å². The van der Waals surface area contributed by atoms with Gasteiger partial charge in [-0.15, -0.1) is 0 Å². The smallest absolute Gasteiger partial charge is 0.261 e. The molecule has 1 aromatic carbocycles. The standard InChI is InChI=1S/C21H21FN4O2/c1-11-20(12(2)28-25-11)21(27)23-15-7-8-18(16(22)9-15)26-19(14-5-6-14)10-17(24-26)13-3-4-13/h7-10,13-14H,3-6H2,1-2H3,(H,23,27). The summed E-state index contributed by atoms with van der Waals surface area (Å²) in [5.41, 5.74) is 3.84. The van der Waals surface area contributed by atoms with Crippen molar-refractivity contribution in [1.29, 1.82) is 0 Å². The first-order chi connectivity index (χ1) is 13.5. The maximum Gasteiger partial charge on any atom is 0.261 e. The van der Waals surface area contributed by atoms with E-state index in [4.69, 9.17) is 4.52 Å². The Morgan fingerprint density at radius 1 is 1.18 bits per heavy atom. The second-order valence-corrected chi connectivity index (χ2v) is 7.77. The summed E-state index contributed by atoms with van der Waals surface area (Å²) in [7, 11) is 0. The van der Waals surface area contributed by atoms with Crippen LogP contribution in [0, 0.1) is 19.7 Å². The SMILES string of the molecule is Cc1noc(C)c1C(=O)Nc1ccc(-n2nc(C3CC3)cc2C2CC2)c(F)c1. The van der Waals surface area contributed by atoms with E-state index in [-0.39, 0.29) is 5.91 Å². The molecule has 5 rings (SSSR count). The molecular weight excluding hydrogens is 359 g/mol. The van der Waals surface area contributed by atoms with E-state index in [1.807, 2.05) is 0 Å². The Kier molecular flexibility index (Phi) is 3.86. The summed E-state index contributed by atoms with van der Waals surface area (Å²) in [6.45, 7) is 3.37. The van der Waals surface area contributed by atoms with Gasteiger partial charge in [0.2, 0.25) is 0 Å². The fourth-order valence-electron chi connectivity index (χ4n) is 3.61. The number of amides is 1. The molecule has 144 valence electrons. The summed E-state index contributed by atoms with van der Waals surface area (Å²) in [5, 5.41) is 11.2. The van der Waals surface area contributed by atoms with Gasteiger partial charge in [0.15, 0.2) is 5.82 Å². The highest BCUT2D eigenvalue weighted by atomic mass is 19.1. The maximum atomic E-state index is 14.9. The molecule has 2 heterocycles. The number of aromatic nitrogens is 3. The molecule has 1 amide bonds. The van der Waals surface area contributed by atoms with E-state index < -0.39 is 5.82 Å². The number of nitrogens with one attached hydrogen (secondary N) is 1. The predicted molar refractivity (Wildman–Crippen MR) is 101 cm³/mol. The lowest BCUT2D eigenvalue weighted by Crippen LogP contribution is -2.14. The molecular formula is C21H21FN4O2. The minimum absolute atomic E-state index is 0.364. The van der Waals surface area contributed by atoms with Gasteiger partial charge in [-0.2, -0.15) is 5.10 Å². The topological polar surface area (TPSA) is 73.0 Å². The molecule has 2 aromatic heterocycles. The zero-order chi connectivity index (χ0) is 19.4. The van der Waals surface area contributed by atoms with Crippen molar-refractivity contribution >= 4 is 11.6 Å². The van der Waals surface area contributed by atoms with E-state index in [1.54, 1.807) is 30.7 Å². The van der Waals surface area contributed by atoms with Crippen LogP contribution >= 0.6 is 0 Å². The van der Waals surface area contributed by atoms with E-state index in [0.29, 0.717) is 40.2 Å². The van der Waals surface area contributed by atoms with Crippen LogP contribution in [-0.4, -0.2) is 20.8 Å². The Hall–Kier alpha value is -2.96. The number of nitrogens with zero attached hydrogens (tertiary/aromatic N) is 3. The highest BCUT2D eigenvalue weighted by molar-refractivity contribution is 6.05. The summed E-state index contributed by atoms with van der Waals surface area (Å²) in [5.74, 6) is 0.653. The quantitative estimate of drug-likeness (QED) is 0.701. The summed E-state index contributed by atoms with van der Waals surface area (Å²) in [6.07, 6.45) is 4.58. The average molecular weight is 380 g/mol. The first kappa shape index (κ1) is 17.2. The van der Waals surface area contributed by atoms with Gasteiger partial charge >= 0.3 is 0 Å². The summed E-state index contributed by atoms with van der Waals surface area (Å²) >= 11 is 0. The third-order valence-electron chi connectivity index (χ3n) is 5.44. The van der Waals surface area contributed by atoms with E-state index in [0.717, 1.165) is 37.1 Å². The minimum atomic E-state index is -0.413. The summed E-state index contributed by atoms with van der Waals surface area (Å²) in [4.78, 5) is 12.5. The number of carbonyl (C=O) groups excluding carboxylic acids is 1. The largest absolute Gasteiger partial charge is 0.361 e. The van der Waals surface area contributed by atoms with Crippen LogP contribution in [0.3, 0.4) is 0 Å². The molecule has 0 radical (unpaired) electrons. The molecule has 1 N–H and O–H groups in total. The van der Waals surface area contributed by atoms with Gasteiger partial charge in [-0.25, -0.2) is 9.07 Å².